The van der Waals surface area contributed by atoms with Crippen molar-refractivity contribution in [2.24, 2.45) is 11.8 Å². The van der Waals surface area contributed by atoms with Gasteiger partial charge in [-0.1, -0.05) is 13.8 Å². The Morgan fingerprint density at radius 3 is 2.67 bits per heavy atom. The van der Waals surface area contributed by atoms with Crippen LogP contribution in [-0.4, -0.2) is 36.5 Å². The van der Waals surface area contributed by atoms with E-state index in [1.54, 1.807) is 0 Å². The van der Waals surface area contributed by atoms with E-state index >= 15 is 0 Å². The molecule has 4 heteroatoms. The van der Waals surface area contributed by atoms with E-state index in [2.05, 4.69) is 0 Å². The molecule has 4 nitrogen and oxygen atoms in total. The number of carboxylic acid groups (broad SMARTS) is 1. The zero-order valence-electron chi connectivity index (χ0n) is 9.60. The second-order valence-corrected chi connectivity index (χ2v) is 4.31. The van der Waals surface area contributed by atoms with Gasteiger partial charge < -0.3 is 14.6 Å². The molecular weight excluding hydrogens is 196 g/mol. The first-order chi connectivity index (χ1) is 7.06. The quantitative estimate of drug-likeness (QED) is 0.757. The number of ether oxygens (including phenoxy) is 2. The Labute approximate surface area is 90.6 Å². The van der Waals surface area contributed by atoms with Crippen molar-refractivity contribution in [3.8, 4) is 0 Å². The molecule has 0 aromatic heterocycles. The van der Waals surface area contributed by atoms with E-state index in [0.717, 1.165) is 0 Å². The third-order valence-corrected chi connectivity index (χ3v) is 2.75. The van der Waals surface area contributed by atoms with Crippen LogP contribution in [0.4, 0.5) is 0 Å². The Morgan fingerprint density at radius 1 is 1.60 bits per heavy atom. The monoisotopic (exact) mass is 216 g/mol. The number of hydrogen-bond acceptors (Lipinski definition) is 3. The molecular formula is C11H20O4. The molecule has 0 spiro atoms. The van der Waals surface area contributed by atoms with Crippen molar-refractivity contribution in [2.45, 2.75) is 39.4 Å². The maximum absolute atomic E-state index is 11.0. The molecule has 0 aromatic carbocycles. The highest BCUT2D eigenvalue weighted by Gasteiger charge is 2.41. The molecule has 1 aliphatic heterocycles. The van der Waals surface area contributed by atoms with E-state index in [4.69, 9.17) is 14.6 Å². The van der Waals surface area contributed by atoms with Crippen LogP contribution in [0.3, 0.4) is 0 Å². The van der Waals surface area contributed by atoms with Crippen LogP contribution in [0.2, 0.25) is 0 Å². The molecule has 88 valence electrons. The summed E-state index contributed by atoms with van der Waals surface area (Å²) in [4.78, 5) is 11.0. The number of rotatable bonds is 5. The van der Waals surface area contributed by atoms with Crippen molar-refractivity contribution in [1.82, 2.24) is 0 Å². The van der Waals surface area contributed by atoms with E-state index in [1.807, 2.05) is 20.8 Å². The smallest absolute Gasteiger partial charge is 0.309 e. The van der Waals surface area contributed by atoms with Crippen LogP contribution in [-0.2, 0) is 14.3 Å². The third kappa shape index (κ3) is 3.18. The van der Waals surface area contributed by atoms with Gasteiger partial charge in [-0.25, -0.2) is 0 Å². The molecule has 1 saturated heterocycles. The van der Waals surface area contributed by atoms with Gasteiger partial charge in [0.05, 0.1) is 24.7 Å². The van der Waals surface area contributed by atoms with Gasteiger partial charge in [0.15, 0.2) is 0 Å². The predicted molar refractivity (Wildman–Crippen MR) is 55.7 cm³/mol. The molecule has 0 radical (unpaired) electrons. The highest BCUT2D eigenvalue weighted by atomic mass is 16.5. The summed E-state index contributed by atoms with van der Waals surface area (Å²) in [7, 11) is 0. The van der Waals surface area contributed by atoms with Crippen molar-refractivity contribution >= 4 is 5.97 Å². The third-order valence-electron chi connectivity index (χ3n) is 2.75. The molecule has 0 amide bonds. The van der Waals surface area contributed by atoms with Gasteiger partial charge in [0, 0.05) is 6.61 Å². The highest BCUT2D eigenvalue weighted by molar-refractivity contribution is 5.71. The minimum absolute atomic E-state index is 0.0570. The van der Waals surface area contributed by atoms with Gasteiger partial charge in [-0.2, -0.15) is 0 Å². The second-order valence-electron chi connectivity index (χ2n) is 4.31. The van der Waals surface area contributed by atoms with E-state index in [9.17, 15) is 4.79 Å². The average Bonchev–Trinajstić information content (AvgIpc) is 2.58. The summed E-state index contributed by atoms with van der Waals surface area (Å²) in [5, 5.41) is 9.05. The number of carbonyl (C=O) groups is 1. The Balaban J connectivity index is 2.53. The topological polar surface area (TPSA) is 55.8 Å². The predicted octanol–water partition coefficient (Wildman–Crippen LogP) is 1.54. The van der Waals surface area contributed by atoms with Crippen molar-refractivity contribution in [1.29, 1.82) is 0 Å². The largest absolute Gasteiger partial charge is 0.481 e. The first-order valence-electron chi connectivity index (χ1n) is 5.52. The van der Waals surface area contributed by atoms with E-state index < -0.39 is 5.97 Å². The summed E-state index contributed by atoms with van der Waals surface area (Å²) in [5.41, 5.74) is 0. The van der Waals surface area contributed by atoms with Crippen molar-refractivity contribution in [2.75, 3.05) is 13.2 Å². The Morgan fingerprint density at radius 2 is 2.27 bits per heavy atom. The van der Waals surface area contributed by atoms with E-state index in [0.29, 0.717) is 19.6 Å². The molecule has 0 aromatic rings. The van der Waals surface area contributed by atoms with E-state index in [1.165, 1.54) is 0 Å². The van der Waals surface area contributed by atoms with Crippen molar-refractivity contribution < 1.29 is 19.4 Å². The maximum Gasteiger partial charge on any atom is 0.309 e. The molecule has 0 bridgehead atoms. The number of hydrogen-bond donors (Lipinski definition) is 1. The molecule has 0 saturated carbocycles. The van der Waals surface area contributed by atoms with Crippen LogP contribution < -0.4 is 0 Å². The van der Waals surface area contributed by atoms with Gasteiger partial charge >= 0.3 is 5.97 Å². The van der Waals surface area contributed by atoms with Crippen LogP contribution in [0.1, 0.15) is 27.2 Å². The van der Waals surface area contributed by atoms with Crippen molar-refractivity contribution in [3.63, 3.8) is 0 Å². The van der Waals surface area contributed by atoms with Gasteiger partial charge in [0.2, 0.25) is 0 Å². The second kappa shape index (κ2) is 5.47. The summed E-state index contributed by atoms with van der Waals surface area (Å²) in [5.74, 6) is -0.902. The van der Waals surface area contributed by atoms with Crippen LogP contribution in [0, 0.1) is 11.8 Å². The highest BCUT2D eigenvalue weighted by Crippen LogP contribution is 2.31. The molecule has 0 aliphatic carbocycles. The first kappa shape index (κ1) is 12.5. The van der Waals surface area contributed by atoms with Gasteiger partial charge in [-0.15, -0.1) is 0 Å². The zero-order chi connectivity index (χ0) is 11.4. The minimum Gasteiger partial charge on any atom is -0.481 e. The Kier molecular flexibility index (Phi) is 4.54. The normalized spacial score (nSPS) is 31.1. The van der Waals surface area contributed by atoms with Crippen molar-refractivity contribution in [3.05, 3.63) is 0 Å². The fourth-order valence-electron chi connectivity index (χ4n) is 2.01. The summed E-state index contributed by atoms with van der Waals surface area (Å²) < 4.78 is 10.9. The number of carboxylic acids is 1. The Bertz CT molecular complexity index is 215. The maximum atomic E-state index is 11.0. The molecule has 1 rings (SSSR count). The fourth-order valence-corrected chi connectivity index (χ4v) is 2.01. The van der Waals surface area contributed by atoms with Gasteiger partial charge in [-0.3, -0.25) is 4.79 Å². The lowest BCUT2D eigenvalue weighted by atomic mass is 9.92. The van der Waals surface area contributed by atoms with Crippen LogP contribution >= 0.6 is 0 Å². The molecule has 3 atom stereocenters. The fraction of sp³-hybridized carbons (Fsp3) is 0.909. The summed E-state index contributed by atoms with van der Waals surface area (Å²) in [6.07, 6.45) is 0.337. The van der Waals surface area contributed by atoms with Crippen LogP contribution in [0.15, 0.2) is 0 Å². The van der Waals surface area contributed by atoms with Gasteiger partial charge in [0.1, 0.15) is 0 Å². The minimum atomic E-state index is -0.757. The molecule has 3 unspecified atom stereocenters. The van der Waals surface area contributed by atoms with E-state index in [-0.39, 0.29) is 24.0 Å². The molecule has 1 heterocycles. The first-order valence-corrected chi connectivity index (χ1v) is 5.52. The van der Waals surface area contributed by atoms with Crippen LogP contribution in [0.25, 0.3) is 0 Å². The summed E-state index contributed by atoms with van der Waals surface area (Å²) in [6, 6.07) is 0. The summed E-state index contributed by atoms with van der Waals surface area (Å²) >= 11 is 0. The molecule has 1 fully saturated rings. The Hall–Kier alpha value is -0.610. The number of aliphatic carboxylic acids is 1. The average molecular weight is 216 g/mol. The summed E-state index contributed by atoms with van der Waals surface area (Å²) in [6.45, 7) is 7.05. The zero-order valence-corrected chi connectivity index (χ0v) is 9.60. The lowest BCUT2D eigenvalue weighted by Crippen LogP contribution is -2.28. The van der Waals surface area contributed by atoms with Gasteiger partial charge in [-0.05, 0) is 19.3 Å². The SMILES string of the molecule is CCOCC1CC(C(=O)O)C(C(C)C)O1. The van der Waals surface area contributed by atoms with Gasteiger partial charge in [0.25, 0.3) is 0 Å². The van der Waals surface area contributed by atoms with Crippen LogP contribution in [0.5, 0.6) is 0 Å². The lowest BCUT2D eigenvalue weighted by molar-refractivity contribution is -0.144. The molecule has 15 heavy (non-hydrogen) atoms. The molecule has 1 N–H and O–H groups in total. The standard InChI is InChI=1S/C11H20O4/c1-4-14-6-8-5-9(11(12)13)10(15-8)7(2)3/h7-10H,4-6H2,1-3H3,(H,12,13). The lowest BCUT2D eigenvalue weighted by Gasteiger charge is -2.19. The molecule has 1 aliphatic rings.